The van der Waals surface area contributed by atoms with Crippen LogP contribution in [0.3, 0.4) is 0 Å². The SMILES string of the molecule is CC(=O)CCNc1ccc2ccccc2c1. The predicted octanol–water partition coefficient (Wildman–Crippen LogP) is 3.23. The summed E-state index contributed by atoms with van der Waals surface area (Å²) in [6.45, 7) is 2.32. The van der Waals surface area contributed by atoms with Crippen LogP contribution in [0.2, 0.25) is 0 Å². The van der Waals surface area contributed by atoms with Crippen molar-refractivity contribution in [3.63, 3.8) is 0 Å². The molecular formula is C14H15NO. The van der Waals surface area contributed by atoms with Crippen molar-refractivity contribution >= 4 is 22.2 Å². The summed E-state index contributed by atoms with van der Waals surface area (Å²) in [4.78, 5) is 10.8. The third-order valence-corrected chi connectivity index (χ3v) is 2.56. The van der Waals surface area contributed by atoms with Crippen molar-refractivity contribution in [1.29, 1.82) is 0 Å². The molecule has 0 spiro atoms. The van der Waals surface area contributed by atoms with Crippen LogP contribution in [0, 0.1) is 0 Å². The van der Waals surface area contributed by atoms with Crippen LogP contribution in [-0.2, 0) is 4.79 Å². The number of carbonyl (C=O) groups excluding carboxylic acids is 1. The van der Waals surface area contributed by atoms with Gasteiger partial charge in [-0.25, -0.2) is 0 Å². The molecule has 0 amide bonds. The first-order valence-electron chi connectivity index (χ1n) is 5.48. The third kappa shape index (κ3) is 2.60. The molecule has 0 saturated carbocycles. The molecule has 1 N–H and O–H groups in total. The molecule has 0 fully saturated rings. The maximum Gasteiger partial charge on any atom is 0.131 e. The number of hydrogen-bond acceptors (Lipinski definition) is 2. The van der Waals surface area contributed by atoms with E-state index in [4.69, 9.17) is 0 Å². The number of ketones is 1. The summed E-state index contributed by atoms with van der Waals surface area (Å²) >= 11 is 0. The van der Waals surface area contributed by atoms with E-state index in [0.29, 0.717) is 13.0 Å². The molecule has 0 radical (unpaired) electrons. The molecule has 16 heavy (non-hydrogen) atoms. The van der Waals surface area contributed by atoms with Gasteiger partial charge in [0.2, 0.25) is 0 Å². The Morgan fingerprint density at radius 3 is 2.62 bits per heavy atom. The minimum Gasteiger partial charge on any atom is -0.385 e. The van der Waals surface area contributed by atoms with Crippen molar-refractivity contribution in [2.24, 2.45) is 0 Å². The largest absolute Gasteiger partial charge is 0.385 e. The Morgan fingerprint density at radius 1 is 1.12 bits per heavy atom. The van der Waals surface area contributed by atoms with Gasteiger partial charge >= 0.3 is 0 Å². The molecule has 0 saturated heterocycles. The molecule has 2 aromatic carbocycles. The van der Waals surface area contributed by atoms with Gasteiger partial charge in [-0.05, 0) is 29.8 Å². The average Bonchev–Trinajstić information content (AvgIpc) is 2.28. The van der Waals surface area contributed by atoms with E-state index in [1.165, 1.54) is 10.8 Å². The summed E-state index contributed by atoms with van der Waals surface area (Å²) in [6.07, 6.45) is 0.576. The van der Waals surface area contributed by atoms with Gasteiger partial charge in [0.25, 0.3) is 0 Å². The van der Waals surface area contributed by atoms with Crippen molar-refractivity contribution in [3.8, 4) is 0 Å². The summed E-state index contributed by atoms with van der Waals surface area (Å²) < 4.78 is 0. The molecule has 0 aliphatic rings. The number of benzene rings is 2. The summed E-state index contributed by atoms with van der Waals surface area (Å²) in [6, 6.07) is 14.5. The second-order valence-electron chi connectivity index (χ2n) is 3.94. The highest BCUT2D eigenvalue weighted by Crippen LogP contribution is 2.18. The number of fused-ring (bicyclic) bond motifs is 1. The zero-order valence-corrected chi connectivity index (χ0v) is 9.36. The van der Waals surface area contributed by atoms with Crippen LogP contribution in [0.15, 0.2) is 42.5 Å². The summed E-state index contributed by atoms with van der Waals surface area (Å²) in [5.74, 6) is 0.216. The van der Waals surface area contributed by atoms with Gasteiger partial charge in [-0.2, -0.15) is 0 Å². The number of Topliss-reactive ketones (excluding diaryl/α,β-unsaturated/α-hetero) is 1. The Morgan fingerprint density at radius 2 is 1.88 bits per heavy atom. The van der Waals surface area contributed by atoms with Crippen LogP contribution < -0.4 is 5.32 Å². The lowest BCUT2D eigenvalue weighted by atomic mass is 10.1. The van der Waals surface area contributed by atoms with Gasteiger partial charge in [0, 0.05) is 18.7 Å². The smallest absolute Gasteiger partial charge is 0.131 e. The molecule has 2 aromatic rings. The van der Waals surface area contributed by atoms with Crippen molar-refractivity contribution in [3.05, 3.63) is 42.5 Å². The van der Waals surface area contributed by atoms with Gasteiger partial charge in [0.1, 0.15) is 5.78 Å². The molecule has 0 atom stereocenters. The zero-order valence-electron chi connectivity index (χ0n) is 9.36. The molecule has 0 aliphatic carbocycles. The molecule has 2 rings (SSSR count). The summed E-state index contributed by atoms with van der Waals surface area (Å²) in [5.41, 5.74) is 1.07. The predicted molar refractivity (Wildman–Crippen MR) is 67.7 cm³/mol. The standard InChI is InChI=1S/C14H15NO/c1-11(16)8-9-15-14-7-6-12-4-2-3-5-13(12)10-14/h2-7,10,15H,8-9H2,1H3. The normalized spacial score (nSPS) is 10.3. The van der Waals surface area contributed by atoms with E-state index in [1.54, 1.807) is 6.92 Å². The third-order valence-electron chi connectivity index (χ3n) is 2.56. The molecule has 0 heterocycles. The van der Waals surface area contributed by atoms with Crippen LogP contribution in [0.1, 0.15) is 13.3 Å². The number of anilines is 1. The highest BCUT2D eigenvalue weighted by molar-refractivity contribution is 5.85. The van der Waals surface area contributed by atoms with E-state index in [-0.39, 0.29) is 5.78 Å². The zero-order chi connectivity index (χ0) is 11.4. The van der Waals surface area contributed by atoms with Crippen LogP contribution in [0.25, 0.3) is 10.8 Å². The number of rotatable bonds is 4. The molecular weight excluding hydrogens is 198 g/mol. The van der Waals surface area contributed by atoms with Crippen LogP contribution in [0.4, 0.5) is 5.69 Å². The monoisotopic (exact) mass is 213 g/mol. The van der Waals surface area contributed by atoms with E-state index < -0.39 is 0 Å². The molecule has 0 aliphatic heterocycles. The Balaban J connectivity index is 2.10. The molecule has 0 unspecified atom stereocenters. The van der Waals surface area contributed by atoms with E-state index in [1.807, 2.05) is 18.2 Å². The molecule has 82 valence electrons. The highest BCUT2D eigenvalue weighted by Gasteiger charge is 1.96. The number of nitrogens with one attached hydrogen (secondary N) is 1. The Bertz CT molecular complexity index is 505. The van der Waals surface area contributed by atoms with Crippen LogP contribution in [-0.4, -0.2) is 12.3 Å². The second kappa shape index (κ2) is 4.79. The van der Waals surface area contributed by atoms with Crippen LogP contribution >= 0.6 is 0 Å². The van der Waals surface area contributed by atoms with Crippen LogP contribution in [0.5, 0.6) is 0 Å². The van der Waals surface area contributed by atoms with Gasteiger partial charge < -0.3 is 5.32 Å². The fourth-order valence-corrected chi connectivity index (χ4v) is 1.68. The van der Waals surface area contributed by atoms with E-state index in [0.717, 1.165) is 5.69 Å². The van der Waals surface area contributed by atoms with E-state index >= 15 is 0 Å². The quantitative estimate of drug-likeness (QED) is 0.844. The minimum absolute atomic E-state index is 0.216. The minimum atomic E-state index is 0.216. The Hall–Kier alpha value is -1.83. The number of carbonyl (C=O) groups is 1. The summed E-state index contributed by atoms with van der Waals surface area (Å²) in [7, 11) is 0. The summed E-state index contributed by atoms with van der Waals surface area (Å²) in [5, 5.41) is 5.70. The van der Waals surface area contributed by atoms with Crippen molar-refractivity contribution in [1.82, 2.24) is 0 Å². The Kier molecular flexibility index (Phi) is 3.20. The lowest BCUT2D eigenvalue weighted by Gasteiger charge is -2.06. The lowest BCUT2D eigenvalue weighted by molar-refractivity contribution is -0.116. The molecule has 2 heteroatoms. The highest BCUT2D eigenvalue weighted by atomic mass is 16.1. The van der Waals surface area contributed by atoms with Gasteiger partial charge in [-0.15, -0.1) is 0 Å². The first-order valence-corrected chi connectivity index (χ1v) is 5.48. The molecule has 0 bridgehead atoms. The Labute approximate surface area is 95.3 Å². The van der Waals surface area contributed by atoms with E-state index in [2.05, 4.69) is 29.6 Å². The van der Waals surface area contributed by atoms with Gasteiger partial charge in [-0.3, -0.25) is 4.79 Å². The first kappa shape index (κ1) is 10.7. The lowest BCUT2D eigenvalue weighted by Crippen LogP contribution is -2.05. The maximum absolute atomic E-state index is 10.8. The molecule has 2 nitrogen and oxygen atoms in total. The number of hydrogen-bond donors (Lipinski definition) is 1. The van der Waals surface area contributed by atoms with Gasteiger partial charge in [0.05, 0.1) is 0 Å². The maximum atomic E-state index is 10.8. The fourth-order valence-electron chi connectivity index (χ4n) is 1.68. The van der Waals surface area contributed by atoms with Crippen molar-refractivity contribution in [2.75, 3.05) is 11.9 Å². The van der Waals surface area contributed by atoms with Gasteiger partial charge in [0.15, 0.2) is 0 Å². The van der Waals surface area contributed by atoms with Gasteiger partial charge in [-0.1, -0.05) is 30.3 Å². The average molecular weight is 213 g/mol. The van der Waals surface area contributed by atoms with Crippen molar-refractivity contribution < 1.29 is 4.79 Å². The molecule has 0 aromatic heterocycles. The van der Waals surface area contributed by atoms with E-state index in [9.17, 15) is 4.79 Å². The second-order valence-corrected chi connectivity index (χ2v) is 3.94. The fraction of sp³-hybridized carbons (Fsp3) is 0.214. The topological polar surface area (TPSA) is 29.1 Å². The van der Waals surface area contributed by atoms with Crippen molar-refractivity contribution in [2.45, 2.75) is 13.3 Å². The first-order chi connectivity index (χ1) is 7.75.